The zero-order valence-corrected chi connectivity index (χ0v) is 16.8. The fourth-order valence-corrected chi connectivity index (χ4v) is 3.74. The molecule has 2 aromatic carbocycles. The van der Waals surface area contributed by atoms with E-state index in [0.29, 0.717) is 0 Å². The van der Waals surface area contributed by atoms with Gasteiger partial charge in [-0.3, -0.25) is 10.1 Å². The Hall–Kier alpha value is -4.11. The molecule has 0 saturated heterocycles. The molecule has 3 aromatic rings. The van der Waals surface area contributed by atoms with Gasteiger partial charge in [0.2, 0.25) is 5.76 Å². The number of aliphatic carboxylic acids is 1. The minimum absolute atomic E-state index is 0.0156. The van der Waals surface area contributed by atoms with Crippen LogP contribution in [0.25, 0.3) is 11.1 Å². The number of carboxylic acids is 1. The first-order chi connectivity index (χ1) is 15.5. The van der Waals surface area contributed by atoms with E-state index in [4.69, 9.17) is 19.4 Å². The largest absolute Gasteiger partial charge is 0.480 e. The highest BCUT2D eigenvalue weighted by Crippen LogP contribution is 2.44. The molecule has 0 fully saturated rings. The van der Waals surface area contributed by atoms with E-state index in [-0.39, 0.29) is 24.0 Å². The van der Waals surface area contributed by atoms with Gasteiger partial charge in [-0.2, -0.15) is 0 Å². The van der Waals surface area contributed by atoms with E-state index in [9.17, 15) is 14.4 Å². The van der Waals surface area contributed by atoms with Gasteiger partial charge in [0.15, 0.2) is 6.04 Å². The van der Waals surface area contributed by atoms with Crippen molar-refractivity contribution in [2.45, 2.75) is 12.0 Å². The second-order valence-corrected chi connectivity index (χ2v) is 7.16. The Labute approximate surface area is 182 Å². The van der Waals surface area contributed by atoms with Gasteiger partial charge in [-0.05, 0) is 22.3 Å². The van der Waals surface area contributed by atoms with Crippen LogP contribution in [0.4, 0.5) is 10.5 Å². The van der Waals surface area contributed by atoms with Gasteiger partial charge in [-0.15, -0.1) is 0 Å². The predicted molar refractivity (Wildman–Crippen MR) is 113 cm³/mol. The standard InChI is InChI=1S/C23H20N2O7/c26-11-19(22(28)29)24-21(27)20-18(9-10-31-20)25-23(30)32-12-17-15-7-3-1-5-13(15)14-6-2-4-8-16(14)17/h1-10,17,19,26H,11-12H2,(H,24,27)(H,25,30)(H,28,29)/t19-/m1/s1. The van der Waals surface area contributed by atoms with Crippen molar-refractivity contribution < 1.29 is 33.8 Å². The van der Waals surface area contributed by atoms with Crippen LogP contribution in [0.2, 0.25) is 0 Å². The Kier molecular flexibility index (Phi) is 5.91. The van der Waals surface area contributed by atoms with Gasteiger partial charge in [-0.25, -0.2) is 9.59 Å². The van der Waals surface area contributed by atoms with Gasteiger partial charge in [0.25, 0.3) is 5.91 Å². The summed E-state index contributed by atoms with van der Waals surface area (Å²) >= 11 is 0. The second-order valence-electron chi connectivity index (χ2n) is 7.16. The van der Waals surface area contributed by atoms with Crippen molar-refractivity contribution in [3.63, 3.8) is 0 Å². The molecule has 4 rings (SSSR count). The topological polar surface area (TPSA) is 138 Å². The molecule has 1 aromatic heterocycles. The Morgan fingerprint density at radius 3 is 2.22 bits per heavy atom. The lowest BCUT2D eigenvalue weighted by molar-refractivity contribution is -0.140. The van der Waals surface area contributed by atoms with Crippen LogP contribution in [-0.4, -0.2) is 47.4 Å². The number of ether oxygens (including phenoxy) is 1. The molecule has 164 valence electrons. The van der Waals surface area contributed by atoms with Gasteiger partial charge in [0.1, 0.15) is 6.61 Å². The molecule has 1 heterocycles. The molecule has 0 aliphatic heterocycles. The van der Waals surface area contributed by atoms with Gasteiger partial charge >= 0.3 is 12.1 Å². The molecule has 0 bridgehead atoms. The number of carbonyl (C=O) groups is 3. The fraction of sp³-hybridized carbons (Fsp3) is 0.174. The number of aliphatic hydroxyl groups excluding tert-OH is 1. The number of carbonyl (C=O) groups excluding carboxylic acids is 2. The van der Waals surface area contributed by atoms with Crippen molar-refractivity contribution >= 4 is 23.7 Å². The molecular weight excluding hydrogens is 416 g/mol. The highest BCUT2D eigenvalue weighted by molar-refractivity contribution is 6.01. The summed E-state index contributed by atoms with van der Waals surface area (Å²) in [5.74, 6) is -2.73. The zero-order chi connectivity index (χ0) is 22.7. The smallest absolute Gasteiger partial charge is 0.411 e. The van der Waals surface area contributed by atoms with Crippen molar-refractivity contribution in [2.24, 2.45) is 0 Å². The number of furan rings is 1. The van der Waals surface area contributed by atoms with E-state index in [1.807, 2.05) is 48.5 Å². The number of hydrogen-bond donors (Lipinski definition) is 4. The average Bonchev–Trinajstić information content (AvgIpc) is 3.38. The molecule has 4 N–H and O–H groups in total. The van der Waals surface area contributed by atoms with Crippen LogP contribution in [-0.2, 0) is 9.53 Å². The van der Waals surface area contributed by atoms with Gasteiger partial charge in [0.05, 0.1) is 18.6 Å². The maximum atomic E-state index is 12.4. The highest BCUT2D eigenvalue weighted by Gasteiger charge is 2.29. The zero-order valence-electron chi connectivity index (χ0n) is 16.8. The Morgan fingerprint density at radius 1 is 1.00 bits per heavy atom. The van der Waals surface area contributed by atoms with E-state index < -0.39 is 30.6 Å². The quantitative estimate of drug-likeness (QED) is 0.447. The van der Waals surface area contributed by atoms with Crippen LogP contribution in [0.5, 0.6) is 0 Å². The minimum atomic E-state index is -1.50. The Bertz CT molecular complexity index is 1120. The van der Waals surface area contributed by atoms with Crippen molar-refractivity contribution in [3.05, 3.63) is 77.7 Å². The first-order valence-corrected chi connectivity index (χ1v) is 9.83. The summed E-state index contributed by atoms with van der Waals surface area (Å²) < 4.78 is 10.5. The third-order valence-electron chi connectivity index (χ3n) is 5.24. The number of aliphatic hydroxyl groups is 1. The van der Waals surface area contributed by atoms with E-state index in [2.05, 4.69) is 10.6 Å². The van der Waals surface area contributed by atoms with E-state index >= 15 is 0 Å². The third-order valence-corrected chi connectivity index (χ3v) is 5.24. The molecule has 0 radical (unpaired) electrons. The molecule has 2 amide bonds. The summed E-state index contributed by atoms with van der Waals surface area (Å²) in [6, 6.07) is 15.7. The van der Waals surface area contributed by atoms with E-state index in [0.717, 1.165) is 22.3 Å². The van der Waals surface area contributed by atoms with Crippen molar-refractivity contribution in [2.75, 3.05) is 18.5 Å². The SMILES string of the molecule is O=C(Nc1ccoc1C(=O)N[C@H](CO)C(=O)O)OCC1c2ccccc2-c2ccccc21. The molecule has 0 spiro atoms. The van der Waals surface area contributed by atoms with Gasteiger partial charge in [-0.1, -0.05) is 48.5 Å². The summed E-state index contributed by atoms with van der Waals surface area (Å²) in [7, 11) is 0. The summed E-state index contributed by atoms with van der Waals surface area (Å²) in [5.41, 5.74) is 4.34. The minimum Gasteiger partial charge on any atom is -0.480 e. The Morgan fingerprint density at radius 2 is 1.62 bits per heavy atom. The normalized spacial score (nSPS) is 13.0. The number of rotatable bonds is 7. The van der Waals surface area contributed by atoms with Crippen LogP contribution in [0.15, 0.2) is 65.3 Å². The molecular formula is C23H20N2O7. The molecule has 1 aliphatic rings. The first-order valence-electron chi connectivity index (χ1n) is 9.83. The Balaban J connectivity index is 1.42. The van der Waals surface area contributed by atoms with Gasteiger partial charge < -0.3 is 24.7 Å². The molecule has 32 heavy (non-hydrogen) atoms. The van der Waals surface area contributed by atoms with Crippen LogP contribution in [0.1, 0.15) is 27.6 Å². The lowest BCUT2D eigenvalue weighted by Gasteiger charge is -2.15. The molecule has 1 aliphatic carbocycles. The number of carboxylic acid groups (broad SMARTS) is 1. The van der Waals surface area contributed by atoms with Crippen molar-refractivity contribution in [1.29, 1.82) is 0 Å². The third kappa shape index (κ3) is 4.06. The maximum absolute atomic E-state index is 12.4. The van der Waals surface area contributed by atoms with Crippen molar-refractivity contribution in [1.82, 2.24) is 5.32 Å². The van der Waals surface area contributed by atoms with Crippen LogP contribution < -0.4 is 10.6 Å². The average molecular weight is 436 g/mol. The summed E-state index contributed by atoms with van der Waals surface area (Å²) in [5, 5.41) is 22.6. The molecule has 0 unspecified atom stereocenters. The predicted octanol–water partition coefficient (Wildman–Crippen LogP) is 2.82. The molecule has 9 heteroatoms. The summed E-state index contributed by atoms with van der Waals surface area (Å²) in [6.07, 6.45) is 0.377. The maximum Gasteiger partial charge on any atom is 0.411 e. The van der Waals surface area contributed by atoms with E-state index in [1.165, 1.54) is 12.3 Å². The van der Waals surface area contributed by atoms with Gasteiger partial charge in [0, 0.05) is 12.0 Å². The molecule has 1 atom stereocenters. The van der Waals surface area contributed by atoms with Crippen LogP contribution >= 0.6 is 0 Å². The number of anilines is 1. The monoisotopic (exact) mass is 436 g/mol. The molecule has 9 nitrogen and oxygen atoms in total. The number of benzene rings is 2. The highest BCUT2D eigenvalue weighted by atomic mass is 16.5. The summed E-state index contributed by atoms with van der Waals surface area (Å²) in [6.45, 7) is -0.707. The first kappa shape index (κ1) is 21.1. The van der Waals surface area contributed by atoms with Crippen LogP contribution in [0, 0.1) is 0 Å². The lowest BCUT2D eigenvalue weighted by Crippen LogP contribution is -2.43. The summed E-state index contributed by atoms with van der Waals surface area (Å²) in [4.78, 5) is 35.7. The number of nitrogens with one attached hydrogen (secondary N) is 2. The molecule has 0 saturated carbocycles. The van der Waals surface area contributed by atoms with E-state index in [1.54, 1.807) is 0 Å². The van der Waals surface area contributed by atoms with Crippen molar-refractivity contribution in [3.8, 4) is 11.1 Å². The fourth-order valence-electron chi connectivity index (χ4n) is 3.74. The number of amides is 2. The number of hydrogen-bond acceptors (Lipinski definition) is 6. The second kappa shape index (κ2) is 8.94. The lowest BCUT2D eigenvalue weighted by atomic mass is 9.98. The number of fused-ring (bicyclic) bond motifs is 3. The van der Waals surface area contributed by atoms with Crippen LogP contribution in [0.3, 0.4) is 0 Å².